The number of aliphatic hydroxyl groups excluding tert-OH is 2. The van der Waals surface area contributed by atoms with Crippen LogP contribution in [0.5, 0.6) is 0 Å². The molecule has 148 valence electrons. The molecule has 2 aliphatic rings. The Morgan fingerprint density at radius 1 is 1.17 bits per heavy atom. The van der Waals surface area contributed by atoms with E-state index < -0.39 is 48.2 Å². The normalized spacial score (nSPS) is 26.1. The van der Waals surface area contributed by atoms with Gasteiger partial charge in [-0.15, -0.1) is 0 Å². The van der Waals surface area contributed by atoms with E-state index in [9.17, 15) is 24.6 Å². The average molecular weight is 397 g/mol. The Bertz CT molecular complexity index is 1220. The summed E-state index contributed by atoms with van der Waals surface area (Å²) in [5.41, 5.74) is -0.393. The molecule has 2 aromatic heterocycles. The van der Waals surface area contributed by atoms with Gasteiger partial charge in [-0.3, -0.25) is 29.3 Å². The molecule has 3 aromatic rings. The van der Waals surface area contributed by atoms with Crippen LogP contribution in [0.15, 0.2) is 35.4 Å². The number of carbonyl (C=O) groups excluding carboxylic acids is 2. The number of carbonyl (C=O) groups is 2. The van der Waals surface area contributed by atoms with Gasteiger partial charge in [-0.05, 0) is 6.07 Å². The lowest BCUT2D eigenvalue weighted by molar-refractivity contribution is -0.0444. The van der Waals surface area contributed by atoms with Crippen LogP contribution in [0.2, 0.25) is 0 Å². The minimum absolute atomic E-state index is 0.0171. The van der Waals surface area contributed by atoms with Gasteiger partial charge in [0.15, 0.2) is 16.9 Å². The van der Waals surface area contributed by atoms with Crippen molar-refractivity contribution in [2.75, 3.05) is 11.9 Å². The third-order valence-corrected chi connectivity index (χ3v) is 5.23. The molecule has 1 amide bonds. The molecule has 0 saturated carbocycles. The van der Waals surface area contributed by atoms with Crippen LogP contribution in [-0.2, 0) is 4.74 Å². The lowest BCUT2D eigenvalue weighted by atomic mass is 9.88. The van der Waals surface area contributed by atoms with Crippen molar-refractivity contribution in [3.8, 4) is 0 Å². The summed E-state index contributed by atoms with van der Waals surface area (Å²) in [6.45, 7) is -0.518. The van der Waals surface area contributed by atoms with Gasteiger partial charge in [-0.25, -0.2) is 4.98 Å². The largest absolute Gasteiger partial charge is 0.394 e. The maximum atomic E-state index is 13.4. The van der Waals surface area contributed by atoms with Gasteiger partial charge < -0.3 is 14.9 Å². The number of nitrogens with one attached hydrogen (secondary N) is 2. The van der Waals surface area contributed by atoms with Crippen molar-refractivity contribution in [1.29, 1.82) is 0 Å². The molecule has 0 radical (unpaired) electrons. The van der Waals surface area contributed by atoms with Gasteiger partial charge in [0.1, 0.15) is 12.3 Å². The van der Waals surface area contributed by atoms with Gasteiger partial charge in [0.25, 0.3) is 11.5 Å². The number of ketones is 1. The van der Waals surface area contributed by atoms with Crippen LogP contribution in [0.4, 0.5) is 5.95 Å². The van der Waals surface area contributed by atoms with Crippen molar-refractivity contribution in [2.45, 2.75) is 18.4 Å². The van der Waals surface area contributed by atoms with Crippen LogP contribution >= 0.6 is 0 Å². The number of aliphatic hydroxyl groups is 2. The second-order valence-electron chi connectivity index (χ2n) is 6.87. The number of imidazole rings is 1. The Kier molecular flexibility index (Phi) is 3.84. The molecule has 0 aliphatic carbocycles. The van der Waals surface area contributed by atoms with Gasteiger partial charge in [-0.2, -0.15) is 4.98 Å². The molecule has 4 N–H and O–H groups in total. The highest BCUT2D eigenvalue weighted by molar-refractivity contribution is 6.13. The zero-order valence-electron chi connectivity index (χ0n) is 14.8. The first-order valence-electron chi connectivity index (χ1n) is 8.85. The monoisotopic (exact) mass is 397 g/mol. The third kappa shape index (κ3) is 2.52. The van der Waals surface area contributed by atoms with Crippen LogP contribution in [0, 0.1) is 5.92 Å². The number of anilines is 1. The number of benzene rings is 1. The fourth-order valence-electron chi connectivity index (χ4n) is 3.84. The van der Waals surface area contributed by atoms with E-state index in [-0.39, 0.29) is 28.2 Å². The molecule has 5 rings (SSSR count). The summed E-state index contributed by atoms with van der Waals surface area (Å²) in [4.78, 5) is 49.2. The summed E-state index contributed by atoms with van der Waals surface area (Å²) >= 11 is 0. The second-order valence-corrected chi connectivity index (χ2v) is 6.87. The van der Waals surface area contributed by atoms with E-state index in [1.54, 1.807) is 12.1 Å². The van der Waals surface area contributed by atoms with Crippen LogP contribution < -0.4 is 10.9 Å². The number of H-pyrrole nitrogens is 1. The minimum atomic E-state index is -1.34. The number of Topliss-reactive ketones (excluding diaryl/α,β-unsaturated/α-hetero) is 1. The summed E-state index contributed by atoms with van der Waals surface area (Å²) in [5, 5.41) is 22.8. The van der Waals surface area contributed by atoms with Gasteiger partial charge in [0.2, 0.25) is 5.95 Å². The second kappa shape index (κ2) is 6.30. The van der Waals surface area contributed by atoms with Crippen molar-refractivity contribution in [1.82, 2.24) is 19.5 Å². The predicted octanol–water partition coefficient (Wildman–Crippen LogP) is -0.565. The maximum Gasteiger partial charge on any atom is 0.280 e. The molecule has 1 aromatic carbocycles. The highest BCUT2D eigenvalue weighted by Gasteiger charge is 2.49. The SMILES string of the molecule is O=C1Nc2nc3c(ncn3[C@@H]3O[C@H](CO)[C@@H](O)[C@H]3C(=O)c3ccccc31)c(=O)[nH]2. The van der Waals surface area contributed by atoms with Gasteiger partial charge >= 0.3 is 0 Å². The molecular formula is C18H15N5O6. The lowest BCUT2D eigenvalue weighted by Gasteiger charge is -2.21. The van der Waals surface area contributed by atoms with Crippen LogP contribution in [0.3, 0.4) is 0 Å². The number of hydrogen-bond acceptors (Lipinski definition) is 8. The Morgan fingerprint density at radius 2 is 1.93 bits per heavy atom. The summed E-state index contributed by atoms with van der Waals surface area (Å²) in [6, 6.07) is 6.12. The van der Waals surface area contributed by atoms with E-state index in [0.29, 0.717) is 0 Å². The topological polar surface area (TPSA) is 159 Å². The van der Waals surface area contributed by atoms with E-state index >= 15 is 0 Å². The number of ether oxygens (including phenoxy) is 1. The summed E-state index contributed by atoms with van der Waals surface area (Å²) in [5.74, 6) is -2.45. The molecule has 1 saturated heterocycles. The Balaban J connectivity index is 1.81. The molecule has 11 nitrogen and oxygen atoms in total. The van der Waals surface area contributed by atoms with Crippen molar-refractivity contribution in [3.05, 3.63) is 52.1 Å². The molecule has 0 spiro atoms. The van der Waals surface area contributed by atoms with Crippen LogP contribution in [0.25, 0.3) is 11.2 Å². The zero-order chi connectivity index (χ0) is 20.3. The van der Waals surface area contributed by atoms with Crippen LogP contribution in [-0.4, -0.2) is 60.2 Å². The molecule has 29 heavy (non-hydrogen) atoms. The number of nitrogens with zero attached hydrogens (tertiary/aromatic N) is 3. The Hall–Kier alpha value is -3.41. The highest BCUT2D eigenvalue weighted by atomic mass is 16.5. The molecule has 4 heterocycles. The van der Waals surface area contributed by atoms with E-state index in [2.05, 4.69) is 20.3 Å². The Labute approximate surface area is 162 Å². The molecule has 4 atom stereocenters. The number of aromatic amines is 1. The summed E-state index contributed by atoms with van der Waals surface area (Å²) < 4.78 is 7.10. The van der Waals surface area contributed by atoms with E-state index in [1.165, 1.54) is 23.0 Å². The summed E-state index contributed by atoms with van der Waals surface area (Å²) in [6.07, 6.45) is -2.17. The molecule has 2 bridgehead atoms. The van der Waals surface area contributed by atoms with Crippen molar-refractivity contribution < 1.29 is 24.5 Å². The first kappa shape index (κ1) is 17.7. The number of aromatic nitrogens is 4. The van der Waals surface area contributed by atoms with E-state index in [0.717, 1.165) is 0 Å². The number of fused-ring (bicyclic) bond motifs is 4. The fraction of sp³-hybridized carbons (Fsp3) is 0.278. The highest BCUT2D eigenvalue weighted by Crippen LogP contribution is 2.39. The number of amides is 1. The predicted molar refractivity (Wildman–Crippen MR) is 97.4 cm³/mol. The molecule has 1 fully saturated rings. The van der Waals surface area contributed by atoms with Gasteiger partial charge in [0, 0.05) is 5.56 Å². The van der Waals surface area contributed by atoms with Crippen molar-refractivity contribution in [3.63, 3.8) is 0 Å². The number of rotatable bonds is 1. The van der Waals surface area contributed by atoms with Crippen molar-refractivity contribution >= 4 is 28.8 Å². The molecule has 11 heteroatoms. The standard InChI is InChI=1S/C18H15N5O6/c24-5-9-13(26)10-12(25)7-3-1-2-4-8(7)15(27)21-18-20-14-11(16(28)22-18)19-6-23(14)17(10)29-9/h1-4,6,9-10,13,17,24,26H,5H2,(H2,20,21,22,27,28)/t9-,10-,13-,17-/m1/s1. The first-order chi connectivity index (χ1) is 14.0. The zero-order valence-corrected chi connectivity index (χ0v) is 14.8. The van der Waals surface area contributed by atoms with E-state index in [4.69, 9.17) is 4.74 Å². The quantitative estimate of drug-likeness (QED) is 0.425. The maximum absolute atomic E-state index is 13.4. The molecular weight excluding hydrogens is 382 g/mol. The Morgan fingerprint density at radius 3 is 2.69 bits per heavy atom. The average Bonchev–Trinajstić information content (AvgIpc) is 3.27. The molecule has 2 aliphatic heterocycles. The first-order valence-corrected chi connectivity index (χ1v) is 8.85. The molecule has 0 unspecified atom stereocenters. The van der Waals surface area contributed by atoms with Gasteiger partial charge in [-0.1, -0.05) is 18.2 Å². The van der Waals surface area contributed by atoms with E-state index in [1.807, 2.05) is 0 Å². The fourth-order valence-corrected chi connectivity index (χ4v) is 3.84. The van der Waals surface area contributed by atoms with Crippen molar-refractivity contribution in [2.24, 2.45) is 5.92 Å². The third-order valence-electron chi connectivity index (χ3n) is 5.23. The lowest BCUT2D eigenvalue weighted by Crippen LogP contribution is -2.35. The van der Waals surface area contributed by atoms with Crippen LogP contribution in [0.1, 0.15) is 26.9 Å². The van der Waals surface area contributed by atoms with Gasteiger partial charge in [0.05, 0.1) is 30.5 Å². The summed E-state index contributed by atoms with van der Waals surface area (Å²) in [7, 11) is 0. The number of hydrogen-bond donors (Lipinski definition) is 4. The minimum Gasteiger partial charge on any atom is -0.394 e. The smallest absolute Gasteiger partial charge is 0.280 e.